The number of hydrogen-bond acceptors (Lipinski definition) is 1. The highest BCUT2D eigenvalue weighted by atomic mass is 19.2. The minimum atomic E-state index is -1.53. The molecule has 0 spiro atoms. The Kier molecular flexibility index (Phi) is 2.15. The van der Waals surface area contributed by atoms with Crippen molar-refractivity contribution in [1.82, 2.24) is 0 Å². The Balaban J connectivity index is 2.51. The van der Waals surface area contributed by atoms with Crippen LogP contribution in [0.3, 0.4) is 0 Å². The third kappa shape index (κ3) is 1.68. The molecule has 0 bridgehead atoms. The van der Waals surface area contributed by atoms with Crippen LogP contribution in [0.4, 0.5) is 13.2 Å². The van der Waals surface area contributed by atoms with Gasteiger partial charge in [0, 0.05) is 17.9 Å². The lowest BCUT2D eigenvalue weighted by Gasteiger charge is -2.00. The highest BCUT2D eigenvalue weighted by Crippen LogP contribution is 2.21. The molecule has 0 radical (unpaired) electrons. The van der Waals surface area contributed by atoms with Gasteiger partial charge in [-0.1, -0.05) is 0 Å². The van der Waals surface area contributed by atoms with Gasteiger partial charge in [-0.3, -0.25) is 4.79 Å². The molecule has 1 aliphatic rings. The molecular formula is C10H4F3NO. The van der Waals surface area contributed by atoms with Gasteiger partial charge in [0.25, 0.3) is 5.91 Å². The van der Waals surface area contributed by atoms with Crippen LogP contribution in [0, 0.1) is 17.5 Å². The second kappa shape index (κ2) is 3.34. The molecule has 0 saturated carbocycles. The fourth-order valence-electron chi connectivity index (χ4n) is 1.22. The van der Waals surface area contributed by atoms with Gasteiger partial charge in [0.05, 0.1) is 0 Å². The average Bonchev–Trinajstić information content (AvgIpc) is 2.60. The Morgan fingerprint density at radius 3 is 2.13 bits per heavy atom. The lowest BCUT2D eigenvalue weighted by atomic mass is 10.1. The van der Waals surface area contributed by atoms with Gasteiger partial charge >= 0.3 is 0 Å². The summed E-state index contributed by atoms with van der Waals surface area (Å²) in [5, 5.41) is 0. The van der Waals surface area contributed by atoms with Crippen LogP contribution in [0.15, 0.2) is 23.2 Å². The zero-order valence-corrected chi connectivity index (χ0v) is 7.30. The van der Waals surface area contributed by atoms with E-state index in [2.05, 4.69) is 4.99 Å². The standard InChI is InChI=1S/C10H4F3NO/c11-7-1-5(2-8(12)10(7)13)6-3-9(15)14-4-6/h1-4H. The van der Waals surface area contributed by atoms with Gasteiger partial charge in [-0.2, -0.15) is 0 Å². The van der Waals surface area contributed by atoms with Crippen molar-refractivity contribution in [2.75, 3.05) is 0 Å². The summed E-state index contributed by atoms with van der Waals surface area (Å²) in [5.74, 6) is -4.62. The number of carbonyl (C=O) groups is 1. The van der Waals surface area contributed by atoms with Crippen molar-refractivity contribution in [3.8, 4) is 0 Å². The van der Waals surface area contributed by atoms with E-state index in [1.54, 1.807) is 0 Å². The average molecular weight is 211 g/mol. The molecule has 76 valence electrons. The van der Waals surface area contributed by atoms with E-state index in [0.29, 0.717) is 0 Å². The Hall–Kier alpha value is -1.91. The normalized spacial score (nSPS) is 14.6. The number of amides is 1. The van der Waals surface area contributed by atoms with E-state index in [1.165, 1.54) is 6.21 Å². The number of allylic oxidation sites excluding steroid dienone is 1. The van der Waals surface area contributed by atoms with Crippen LogP contribution < -0.4 is 0 Å². The molecule has 1 amide bonds. The first-order chi connectivity index (χ1) is 7.08. The molecule has 5 heteroatoms. The lowest BCUT2D eigenvalue weighted by Crippen LogP contribution is -1.94. The number of hydrogen-bond donors (Lipinski definition) is 0. The van der Waals surface area contributed by atoms with Crippen LogP contribution in [0.1, 0.15) is 5.56 Å². The number of carbonyl (C=O) groups excluding carboxylic acids is 1. The lowest BCUT2D eigenvalue weighted by molar-refractivity contribution is -0.113. The number of nitrogens with zero attached hydrogens (tertiary/aromatic N) is 1. The van der Waals surface area contributed by atoms with Gasteiger partial charge in [0.1, 0.15) is 0 Å². The second-order valence-electron chi connectivity index (χ2n) is 2.95. The topological polar surface area (TPSA) is 29.4 Å². The summed E-state index contributed by atoms with van der Waals surface area (Å²) in [6.07, 6.45) is 2.29. The first kappa shape index (κ1) is 9.64. The van der Waals surface area contributed by atoms with Gasteiger partial charge < -0.3 is 0 Å². The van der Waals surface area contributed by atoms with Gasteiger partial charge in [-0.15, -0.1) is 0 Å². The molecule has 0 aliphatic carbocycles. The molecule has 15 heavy (non-hydrogen) atoms. The van der Waals surface area contributed by atoms with Gasteiger partial charge in [-0.05, 0) is 17.7 Å². The molecule has 1 aromatic carbocycles. The summed E-state index contributed by atoms with van der Waals surface area (Å²) in [5.41, 5.74) is 0.346. The molecule has 0 saturated heterocycles. The smallest absolute Gasteiger partial charge is 0.267 e. The summed E-state index contributed by atoms with van der Waals surface area (Å²) in [6.45, 7) is 0. The highest BCUT2D eigenvalue weighted by Gasteiger charge is 2.14. The quantitative estimate of drug-likeness (QED) is 0.654. The van der Waals surface area contributed by atoms with E-state index in [4.69, 9.17) is 0 Å². The second-order valence-corrected chi connectivity index (χ2v) is 2.95. The van der Waals surface area contributed by atoms with E-state index < -0.39 is 23.4 Å². The SMILES string of the molecule is O=C1C=C(c2cc(F)c(F)c(F)c2)C=N1. The summed E-state index contributed by atoms with van der Waals surface area (Å²) >= 11 is 0. The van der Waals surface area contributed by atoms with E-state index in [9.17, 15) is 18.0 Å². The zero-order chi connectivity index (χ0) is 11.0. The maximum atomic E-state index is 12.8. The zero-order valence-electron chi connectivity index (χ0n) is 7.30. The van der Waals surface area contributed by atoms with E-state index in [0.717, 1.165) is 18.2 Å². The van der Waals surface area contributed by atoms with Crippen LogP contribution in [-0.2, 0) is 4.79 Å². The highest BCUT2D eigenvalue weighted by molar-refractivity contribution is 6.24. The molecule has 0 unspecified atom stereocenters. The number of aliphatic imine (C=N–C) groups is 1. The van der Waals surface area contributed by atoms with Crippen molar-refractivity contribution in [3.63, 3.8) is 0 Å². The van der Waals surface area contributed by atoms with Gasteiger partial charge in [0.15, 0.2) is 17.5 Å². The predicted molar refractivity (Wildman–Crippen MR) is 47.8 cm³/mol. The molecule has 0 fully saturated rings. The van der Waals surface area contributed by atoms with Crippen molar-refractivity contribution in [3.05, 3.63) is 41.2 Å². The minimum Gasteiger partial charge on any atom is -0.267 e. The van der Waals surface area contributed by atoms with Crippen LogP contribution >= 0.6 is 0 Å². The monoisotopic (exact) mass is 211 g/mol. The summed E-state index contributed by atoms with van der Waals surface area (Å²) in [6, 6.07) is 1.63. The summed E-state index contributed by atoms with van der Waals surface area (Å²) in [4.78, 5) is 14.1. The molecule has 0 aromatic heterocycles. The van der Waals surface area contributed by atoms with Crippen LogP contribution in [0.2, 0.25) is 0 Å². The largest absolute Gasteiger partial charge is 0.270 e. The Morgan fingerprint density at radius 1 is 1.07 bits per heavy atom. The first-order valence-electron chi connectivity index (χ1n) is 4.02. The van der Waals surface area contributed by atoms with Crippen LogP contribution in [-0.4, -0.2) is 12.1 Å². The fourth-order valence-corrected chi connectivity index (χ4v) is 1.22. The number of benzene rings is 1. The first-order valence-corrected chi connectivity index (χ1v) is 4.02. The van der Waals surface area contributed by atoms with Crippen molar-refractivity contribution in [1.29, 1.82) is 0 Å². The molecular weight excluding hydrogens is 207 g/mol. The molecule has 1 aromatic rings. The van der Waals surface area contributed by atoms with Crippen molar-refractivity contribution < 1.29 is 18.0 Å². The molecule has 0 N–H and O–H groups in total. The van der Waals surface area contributed by atoms with Crippen LogP contribution in [0.5, 0.6) is 0 Å². The molecule has 1 aliphatic heterocycles. The Labute approximate surface area is 82.7 Å². The molecule has 0 atom stereocenters. The van der Waals surface area contributed by atoms with Crippen LogP contribution in [0.25, 0.3) is 5.57 Å². The van der Waals surface area contributed by atoms with Crippen molar-refractivity contribution in [2.24, 2.45) is 4.99 Å². The summed E-state index contributed by atoms with van der Waals surface area (Å²) in [7, 11) is 0. The number of halogens is 3. The van der Waals surface area contributed by atoms with E-state index in [1.807, 2.05) is 0 Å². The maximum absolute atomic E-state index is 12.8. The third-order valence-electron chi connectivity index (χ3n) is 1.93. The number of rotatable bonds is 1. The van der Waals surface area contributed by atoms with Gasteiger partial charge in [-0.25, -0.2) is 18.2 Å². The van der Waals surface area contributed by atoms with E-state index >= 15 is 0 Å². The Bertz CT molecular complexity index is 482. The molecule has 1 heterocycles. The predicted octanol–water partition coefficient (Wildman–Crippen LogP) is 2.10. The van der Waals surface area contributed by atoms with Crippen molar-refractivity contribution >= 4 is 17.7 Å². The minimum absolute atomic E-state index is 0.0843. The third-order valence-corrected chi connectivity index (χ3v) is 1.93. The Morgan fingerprint density at radius 2 is 1.67 bits per heavy atom. The summed E-state index contributed by atoms with van der Waals surface area (Å²) < 4.78 is 38.2. The van der Waals surface area contributed by atoms with Crippen molar-refractivity contribution in [2.45, 2.75) is 0 Å². The van der Waals surface area contributed by atoms with E-state index in [-0.39, 0.29) is 11.1 Å². The fraction of sp³-hybridized carbons (Fsp3) is 0. The van der Waals surface area contributed by atoms with Gasteiger partial charge in [0.2, 0.25) is 0 Å². The maximum Gasteiger partial charge on any atom is 0.270 e. The molecule has 2 nitrogen and oxygen atoms in total. The molecule has 2 rings (SSSR count).